The van der Waals surface area contributed by atoms with Crippen LogP contribution in [0.1, 0.15) is 27.0 Å². The summed E-state index contributed by atoms with van der Waals surface area (Å²) in [4.78, 5) is 23.2. The van der Waals surface area contributed by atoms with Gasteiger partial charge in [-0.3, -0.25) is 4.79 Å². The number of carbonyl (C=O) groups is 2. The largest absolute Gasteiger partial charge is 0.486 e. The molecule has 0 saturated heterocycles. The monoisotopic (exact) mass is 564 g/mol. The lowest BCUT2D eigenvalue weighted by atomic mass is 9.88. The van der Waals surface area contributed by atoms with Crippen molar-refractivity contribution in [1.82, 2.24) is 8.75 Å². The molecule has 0 bridgehead atoms. The molecule has 8 nitrogen and oxygen atoms in total. The number of benzene rings is 4. The van der Waals surface area contributed by atoms with Crippen LogP contribution in [0.25, 0.3) is 16.6 Å². The van der Waals surface area contributed by atoms with E-state index in [1.54, 1.807) is 42.5 Å². The normalized spacial score (nSPS) is 17.5. The molecular formula is C32H24N2O6S. The van der Waals surface area contributed by atoms with Crippen molar-refractivity contribution in [3.63, 3.8) is 0 Å². The fourth-order valence-electron chi connectivity index (χ4n) is 4.80. The van der Waals surface area contributed by atoms with Crippen LogP contribution in [0.2, 0.25) is 0 Å². The van der Waals surface area contributed by atoms with E-state index >= 15 is 0 Å². The van der Waals surface area contributed by atoms with Gasteiger partial charge in [0.15, 0.2) is 11.5 Å². The average Bonchev–Trinajstić information content (AvgIpc) is 3.59. The number of esters is 1. The Morgan fingerprint density at radius 1 is 0.829 bits per heavy atom. The molecule has 1 atom stereocenters. The second-order valence-electron chi connectivity index (χ2n) is 9.40. The molecular weight excluding hydrogens is 540 g/mol. The van der Waals surface area contributed by atoms with Gasteiger partial charge in [-0.1, -0.05) is 66.7 Å². The predicted molar refractivity (Wildman–Crippen MR) is 154 cm³/mol. The van der Waals surface area contributed by atoms with E-state index < -0.39 is 11.8 Å². The van der Waals surface area contributed by atoms with Crippen LogP contribution in [0.4, 0.5) is 0 Å². The van der Waals surface area contributed by atoms with Crippen LogP contribution in [0.5, 0.6) is 11.5 Å². The lowest BCUT2D eigenvalue weighted by molar-refractivity contribution is -0.185. The van der Waals surface area contributed by atoms with Gasteiger partial charge in [0.25, 0.3) is 5.79 Å². The van der Waals surface area contributed by atoms with E-state index in [2.05, 4.69) is 8.75 Å². The number of ether oxygens (including phenoxy) is 3. The Labute approximate surface area is 239 Å². The summed E-state index contributed by atoms with van der Waals surface area (Å²) >= 11 is 1.11. The van der Waals surface area contributed by atoms with Crippen molar-refractivity contribution in [2.75, 3.05) is 13.2 Å². The minimum atomic E-state index is -1.95. The Morgan fingerprint density at radius 3 is 2.27 bits per heavy atom. The maximum Gasteiger partial charge on any atom is 0.342 e. The van der Waals surface area contributed by atoms with E-state index in [-0.39, 0.29) is 0 Å². The summed E-state index contributed by atoms with van der Waals surface area (Å²) in [5, 5.41) is 11.8. The van der Waals surface area contributed by atoms with E-state index in [0.29, 0.717) is 58.9 Å². The third-order valence-corrected chi connectivity index (χ3v) is 7.35. The number of fused-ring (bicyclic) bond motifs is 2. The summed E-state index contributed by atoms with van der Waals surface area (Å²) < 4.78 is 25.5. The Hall–Kier alpha value is -4.86. The first kappa shape index (κ1) is 26.4. The molecule has 4 aromatic carbocycles. The van der Waals surface area contributed by atoms with Gasteiger partial charge in [-0.05, 0) is 41.5 Å². The summed E-state index contributed by atoms with van der Waals surface area (Å²) in [7, 11) is 0. The van der Waals surface area contributed by atoms with Crippen molar-refractivity contribution < 1.29 is 28.9 Å². The van der Waals surface area contributed by atoms with E-state index in [9.17, 15) is 14.7 Å². The Balaban J connectivity index is 0.000000328. The van der Waals surface area contributed by atoms with Gasteiger partial charge in [0.1, 0.15) is 30.5 Å². The molecule has 0 spiro atoms. The number of hydrogen-bond donors (Lipinski definition) is 1. The molecule has 0 fully saturated rings. The topological polar surface area (TPSA) is 108 Å². The molecule has 0 saturated carbocycles. The number of aldehydes is 1. The van der Waals surface area contributed by atoms with Gasteiger partial charge < -0.3 is 19.3 Å². The molecule has 1 N–H and O–H groups in total. The number of hydrogen-bond acceptors (Lipinski definition) is 9. The average molecular weight is 565 g/mol. The molecule has 41 heavy (non-hydrogen) atoms. The van der Waals surface area contributed by atoms with E-state index in [0.717, 1.165) is 34.7 Å². The number of nitrogens with zero attached hydrogens (tertiary/aromatic N) is 2. The summed E-state index contributed by atoms with van der Waals surface area (Å²) in [5.74, 6) is -1.45. The standard InChI is InChI=1S/C25H18N2O5S.C7H6O/c28-24-23(16-6-8-19-20(13-16)27-33-26-19)18(12-15-4-2-1-3-5-15)25(29,32-24)17-7-9-21-22(14-17)31-11-10-30-21;8-6-7-4-2-1-3-5-7/h1-9,13-14,29H,10-12H2;1-6H. The second-order valence-corrected chi connectivity index (χ2v) is 9.93. The zero-order valence-electron chi connectivity index (χ0n) is 21.7. The summed E-state index contributed by atoms with van der Waals surface area (Å²) in [6, 6.07) is 29.3. The van der Waals surface area contributed by atoms with Gasteiger partial charge in [-0.25, -0.2) is 4.79 Å². The van der Waals surface area contributed by atoms with Crippen molar-refractivity contribution in [2.45, 2.75) is 12.2 Å². The van der Waals surface area contributed by atoms with Crippen LogP contribution >= 0.6 is 11.7 Å². The minimum absolute atomic E-state index is 0.320. The lowest BCUT2D eigenvalue weighted by Crippen LogP contribution is -2.30. The highest BCUT2D eigenvalue weighted by atomic mass is 32.1. The highest BCUT2D eigenvalue weighted by Gasteiger charge is 2.48. The van der Waals surface area contributed by atoms with Crippen molar-refractivity contribution in [1.29, 1.82) is 0 Å². The van der Waals surface area contributed by atoms with Crippen molar-refractivity contribution >= 4 is 40.6 Å². The molecule has 3 heterocycles. The minimum Gasteiger partial charge on any atom is -0.486 e. The molecule has 7 rings (SSSR count). The zero-order valence-corrected chi connectivity index (χ0v) is 22.5. The smallest absolute Gasteiger partial charge is 0.342 e. The number of cyclic esters (lactones) is 1. The molecule has 2 aliphatic heterocycles. The first-order valence-corrected chi connectivity index (χ1v) is 13.6. The van der Waals surface area contributed by atoms with Crippen LogP contribution < -0.4 is 9.47 Å². The number of carbonyl (C=O) groups excluding carboxylic acids is 2. The van der Waals surface area contributed by atoms with Crippen LogP contribution in [0.15, 0.2) is 103 Å². The Morgan fingerprint density at radius 2 is 1.54 bits per heavy atom. The molecule has 1 unspecified atom stereocenters. The predicted octanol–water partition coefficient (Wildman–Crippen LogP) is 5.36. The molecule has 204 valence electrons. The quantitative estimate of drug-likeness (QED) is 0.225. The summed E-state index contributed by atoms with van der Waals surface area (Å²) in [5.41, 5.74) is 4.92. The second kappa shape index (κ2) is 11.3. The Kier molecular flexibility index (Phi) is 7.28. The number of rotatable bonds is 5. The Bertz CT molecular complexity index is 1750. The van der Waals surface area contributed by atoms with Crippen LogP contribution in [0.3, 0.4) is 0 Å². The summed E-state index contributed by atoms with van der Waals surface area (Å²) in [6.07, 6.45) is 1.15. The lowest BCUT2D eigenvalue weighted by Gasteiger charge is -2.27. The first-order valence-electron chi connectivity index (χ1n) is 12.9. The van der Waals surface area contributed by atoms with E-state index in [1.165, 1.54) is 0 Å². The van der Waals surface area contributed by atoms with E-state index in [1.807, 2.05) is 54.6 Å². The molecule has 0 amide bonds. The van der Waals surface area contributed by atoms with Gasteiger partial charge in [0.05, 0.1) is 17.3 Å². The van der Waals surface area contributed by atoms with Gasteiger partial charge in [0, 0.05) is 23.1 Å². The maximum atomic E-state index is 13.2. The highest BCUT2D eigenvalue weighted by molar-refractivity contribution is 7.00. The van der Waals surface area contributed by atoms with Crippen molar-refractivity contribution in [2.24, 2.45) is 0 Å². The van der Waals surface area contributed by atoms with Crippen LogP contribution in [0, 0.1) is 0 Å². The van der Waals surface area contributed by atoms with Gasteiger partial charge in [-0.2, -0.15) is 8.75 Å². The maximum absolute atomic E-state index is 13.2. The number of aliphatic hydroxyl groups is 1. The van der Waals surface area contributed by atoms with Gasteiger partial charge in [-0.15, -0.1) is 0 Å². The highest BCUT2D eigenvalue weighted by Crippen LogP contribution is 2.46. The van der Waals surface area contributed by atoms with Crippen LogP contribution in [-0.4, -0.2) is 39.3 Å². The van der Waals surface area contributed by atoms with Gasteiger partial charge >= 0.3 is 5.97 Å². The molecule has 0 radical (unpaired) electrons. The summed E-state index contributed by atoms with van der Waals surface area (Å²) in [6.45, 7) is 0.872. The van der Waals surface area contributed by atoms with Crippen LogP contribution in [-0.2, 0) is 21.7 Å². The number of aromatic nitrogens is 2. The molecule has 5 aromatic rings. The molecule has 1 aromatic heterocycles. The molecule has 9 heteroatoms. The molecule has 0 aliphatic carbocycles. The van der Waals surface area contributed by atoms with Gasteiger partial charge in [0.2, 0.25) is 0 Å². The SMILES string of the molecule is O=C1OC(O)(c2ccc3c(c2)OCCO3)C(Cc2ccccc2)=C1c1ccc2nsnc2c1.O=Cc1ccccc1. The third kappa shape index (κ3) is 5.32. The fourth-order valence-corrected chi connectivity index (χ4v) is 5.31. The zero-order chi connectivity index (χ0) is 28.2. The fraction of sp³-hybridized carbons (Fsp3) is 0.125. The third-order valence-electron chi connectivity index (χ3n) is 6.79. The van der Waals surface area contributed by atoms with Crippen molar-refractivity contribution in [3.8, 4) is 11.5 Å². The first-order chi connectivity index (χ1) is 20.0. The van der Waals surface area contributed by atoms with E-state index in [4.69, 9.17) is 14.2 Å². The van der Waals surface area contributed by atoms with Crippen molar-refractivity contribution in [3.05, 3.63) is 125 Å². The molecule has 2 aliphatic rings.